The van der Waals surface area contributed by atoms with Crippen LogP contribution in [0.4, 0.5) is 14.9 Å². The molecule has 2 saturated heterocycles. The van der Waals surface area contributed by atoms with Crippen molar-refractivity contribution >= 4 is 17.7 Å². The summed E-state index contributed by atoms with van der Waals surface area (Å²) >= 11 is 0. The quantitative estimate of drug-likeness (QED) is 0.602. The summed E-state index contributed by atoms with van der Waals surface area (Å²) in [7, 11) is 0. The van der Waals surface area contributed by atoms with E-state index in [0.717, 1.165) is 88.7 Å². The number of hydrogen-bond donors (Lipinski definition) is 0. The molecule has 6 nitrogen and oxygen atoms in total. The molecule has 0 aromatic heterocycles. The molecule has 0 radical (unpaired) electrons. The fourth-order valence-corrected chi connectivity index (χ4v) is 7.81. The van der Waals surface area contributed by atoms with Gasteiger partial charge in [-0.2, -0.15) is 0 Å². The molecular weight excluding hydrogens is 457 g/mol. The van der Waals surface area contributed by atoms with Crippen LogP contribution in [0.3, 0.4) is 0 Å². The van der Waals surface area contributed by atoms with E-state index in [2.05, 4.69) is 9.80 Å². The van der Waals surface area contributed by atoms with E-state index in [9.17, 15) is 14.0 Å². The van der Waals surface area contributed by atoms with Crippen molar-refractivity contribution in [3.63, 3.8) is 0 Å². The zero-order valence-corrected chi connectivity index (χ0v) is 21.2. The molecule has 3 aliphatic heterocycles. The summed E-state index contributed by atoms with van der Waals surface area (Å²) in [4.78, 5) is 32.6. The van der Waals surface area contributed by atoms with Crippen LogP contribution in [-0.2, 0) is 14.9 Å². The molecule has 0 N–H and O–H groups in total. The molecule has 3 atom stereocenters. The van der Waals surface area contributed by atoms with Crippen LogP contribution < -0.4 is 4.90 Å². The molecular formula is C29H38FN3O3. The lowest BCUT2D eigenvalue weighted by Crippen LogP contribution is -2.50. The van der Waals surface area contributed by atoms with Gasteiger partial charge in [0.25, 0.3) is 0 Å². The summed E-state index contributed by atoms with van der Waals surface area (Å²) in [5.41, 5.74) is 1.85. The van der Waals surface area contributed by atoms with E-state index in [4.69, 9.17) is 4.74 Å². The molecule has 7 heteroatoms. The molecule has 194 valence electrons. The van der Waals surface area contributed by atoms with Gasteiger partial charge in [0, 0.05) is 42.2 Å². The van der Waals surface area contributed by atoms with E-state index < -0.39 is 0 Å². The highest BCUT2D eigenvalue weighted by atomic mass is 19.1. The SMILES string of the molecule is O=C(C1CC1)N1CC2(CCN(C3CC4CCCN(C(=O)OC5CCC5)C4C3)CC2)c2cc(F)ccc21. The molecule has 1 aromatic carbocycles. The van der Waals surface area contributed by atoms with Crippen molar-refractivity contribution in [1.82, 2.24) is 9.80 Å². The van der Waals surface area contributed by atoms with Crippen LogP contribution >= 0.6 is 0 Å². The zero-order chi connectivity index (χ0) is 24.4. The summed E-state index contributed by atoms with van der Waals surface area (Å²) in [5.74, 6) is 0.765. The number of carbonyl (C=O) groups is 2. The largest absolute Gasteiger partial charge is 0.446 e. The Balaban J connectivity index is 1.03. The van der Waals surface area contributed by atoms with Gasteiger partial charge in [0.1, 0.15) is 11.9 Å². The number of carbonyl (C=O) groups excluding carboxylic acids is 2. The van der Waals surface area contributed by atoms with Crippen molar-refractivity contribution in [3.8, 4) is 0 Å². The average molecular weight is 496 g/mol. The number of halogens is 1. The van der Waals surface area contributed by atoms with Gasteiger partial charge in [0.05, 0.1) is 0 Å². The molecule has 3 heterocycles. The van der Waals surface area contributed by atoms with Crippen LogP contribution in [0.1, 0.15) is 76.2 Å². The molecule has 0 bridgehead atoms. The predicted molar refractivity (Wildman–Crippen MR) is 134 cm³/mol. The number of fused-ring (bicyclic) bond motifs is 3. The summed E-state index contributed by atoms with van der Waals surface area (Å²) in [5, 5.41) is 0. The van der Waals surface area contributed by atoms with Gasteiger partial charge in [-0.25, -0.2) is 9.18 Å². The minimum absolute atomic E-state index is 0.0855. The molecule has 5 fully saturated rings. The number of nitrogens with zero attached hydrogens (tertiary/aromatic N) is 3. The average Bonchev–Trinajstić information content (AvgIpc) is 3.55. The second-order valence-corrected chi connectivity index (χ2v) is 12.4. The molecule has 3 saturated carbocycles. The maximum atomic E-state index is 14.3. The molecule has 3 aliphatic carbocycles. The molecule has 1 aromatic rings. The number of amides is 2. The predicted octanol–water partition coefficient (Wildman–Crippen LogP) is 4.85. The van der Waals surface area contributed by atoms with E-state index >= 15 is 0 Å². The first-order valence-electron chi connectivity index (χ1n) is 14.3. The van der Waals surface area contributed by atoms with Gasteiger partial charge in [-0.15, -0.1) is 0 Å². The summed E-state index contributed by atoms with van der Waals surface area (Å²) < 4.78 is 20.1. The minimum Gasteiger partial charge on any atom is -0.446 e. The number of piperidine rings is 2. The Morgan fingerprint density at radius 1 is 0.972 bits per heavy atom. The van der Waals surface area contributed by atoms with Gasteiger partial charge in [-0.05, 0) is 113 Å². The summed E-state index contributed by atoms with van der Waals surface area (Å²) in [6.45, 7) is 3.47. The Kier molecular flexibility index (Phi) is 5.57. The number of anilines is 1. The Bertz CT molecular complexity index is 1050. The molecule has 1 spiro atoms. The van der Waals surface area contributed by atoms with Crippen molar-refractivity contribution in [3.05, 3.63) is 29.6 Å². The maximum Gasteiger partial charge on any atom is 0.410 e. The van der Waals surface area contributed by atoms with E-state index in [0.29, 0.717) is 24.5 Å². The lowest BCUT2D eigenvalue weighted by molar-refractivity contribution is -0.119. The van der Waals surface area contributed by atoms with Gasteiger partial charge in [0.15, 0.2) is 0 Å². The monoisotopic (exact) mass is 495 g/mol. The highest BCUT2D eigenvalue weighted by Crippen LogP contribution is 2.50. The third-order valence-corrected chi connectivity index (χ3v) is 10.3. The van der Waals surface area contributed by atoms with Gasteiger partial charge in [-0.1, -0.05) is 0 Å². The van der Waals surface area contributed by atoms with E-state index in [-0.39, 0.29) is 35.3 Å². The van der Waals surface area contributed by atoms with Crippen molar-refractivity contribution in [2.45, 2.75) is 94.2 Å². The first kappa shape index (κ1) is 23.0. The number of benzene rings is 1. The van der Waals surface area contributed by atoms with Crippen LogP contribution in [0, 0.1) is 17.7 Å². The van der Waals surface area contributed by atoms with E-state index in [1.807, 2.05) is 11.0 Å². The first-order valence-corrected chi connectivity index (χ1v) is 14.3. The van der Waals surface area contributed by atoms with Gasteiger partial charge in [0.2, 0.25) is 5.91 Å². The van der Waals surface area contributed by atoms with Crippen LogP contribution in [0.25, 0.3) is 0 Å². The first-order chi connectivity index (χ1) is 17.5. The highest BCUT2D eigenvalue weighted by molar-refractivity contribution is 5.99. The molecule has 2 amide bonds. The normalized spacial score (nSPS) is 31.8. The number of ether oxygens (including phenoxy) is 1. The number of likely N-dealkylation sites (tertiary alicyclic amines) is 2. The maximum absolute atomic E-state index is 14.3. The van der Waals surface area contributed by atoms with Crippen LogP contribution in [0.2, 0.25) is 0 Å². The third-order valence-electron chi connectivity index (χ3n) is 10.3. The number of rotatable bonds is 3. The van der Waals surface area contributed by atoms with Crippen molar-refractivity contribution in [1.29, 1.82) is 0 Å². The van der Waals surface area contributed by atoms with Crippen LogP contribution in [0.15, 0.2) is 18.2 Å². The van der Waals surface area contributed by atoms with Gasteiger partial charge < -0.3 is 19.4 Å². The summed E-state index contributed by atoms with van der Waals surface area (Å²) in [6.07, 6.45) is 11.6. The van der Waals surface area contributed by atoms with Gasteiger partial charge in [-0.3, -0.25) is 4.79 Å². The fourth-order valence-electron chi connectivity index (χ4n) is 7.81. The lowest BCUT2D eigenvalue weighted by atomic mass is 9.74. The zero-order valence-electron chi connectivity index (χ0n) is 21.2. The standard InChI is InChI=1S/C29H38FN3O3/c30-21-8-9-25-24(16-21)29(18-33(25)27(34)19-6-7-19)10-13-31(14-11-29)22-15-20-3-2-12-32(26(20)17-22)28(35)36-23-4-1-5-23/h8-9,16,19-20,22-23,26H,1-7,10-15,17-18H2. The van der Waals surface area contributed by atoms with Crippen LogP contribution in [-0.4, -0.2) is 66.2 Å². The molecule has 6 aliphatic rings. The third kappa shape index (κ3) is 3.84. The fraction of sp³-hybridized carbons (Fsp3) is 0.724. The molecule has 36 heavy (non-hydrogen) atoms. The number of hydrogen-bond acceptors (Lipinski definition) is 4. The highest BCUT2D eigenvalue weighted by Gasteiger charge is 2.51. The Hall–Kier alpha value is -2.15. The topological polar surface area (TPSA) is 53.1 Å². The Morgan fingerprint density at radius 2 is 1.78 bits per heavy atom. The van der Waals surface area contributed by atoms with E-state index in [1.54, 1.807) is 6.07 Å². The van der Waals surface area contributed by atoms with Crippen LogP contribution in [0.5, 0.6) is 0 Å². The Labute approximate surface area is 213 Å². The second-order valence-electron chi connectivity index (χ2n) is 12.4. The van der Waals surface area contributed by atoms with E-state index in [1.165, 1.54) is 18.9 Å². The van der Waals surface area contributed by atoms with Crippen molar-refractivity contribution in [2.75, 3.05) is 31.1 Å². The lowest BCUT2D eigenvalue weighted by Gasteiger charge is -2.42. The molecule has 3 unspecified atom stereocenters. The minimum atomic E-state index is -0.204. The second kappa shape index (κ2) is 8.71. The smallest absolute Gasteiger partial charge is 0.410 e. The van der Waals surface area contributed by atoms with Crippen molar-refractivity contribution in [2.24, 2.45) is 11.8 Å². The molecule has 7 rings (SSSR count). The van der Waals surface area contributed by atoms with Gasteiger partial charge >= 0.3 is 6.09 Å². The van der Waals surface area contributed by atoms with Crippen molar-refractivity contribution < 1.29 is 18.7 Å². The summed E-state index contributed by atoms with van der Waals surface area (Å²) in [6, 6.07) is 5.82. The Morgan fingerprint density at radius 3 is 2.50 bits per heavy atom.